The van der Waals surface area contributed by atoms with Crippen molar-refractivity contribution in [3.63, 3.8) is 0 Å². The molecule has 1 heterocycles. The van der Waals surface area contributed by atoms with Crippen molar-refractivity contribution in [1.29, 1.82) is 0 Å². The fraction of sp³-hybridized carbons (Fsp3) is 0.200. The van der Waals surface area contributed by atoms with Gasteiger partial charge in [0.25, 0.3) is 5.91 Å². The number of aromatic nitrogens is 2. The highest BCUT2D eigenvalue weighted by Gasteiger charge is 2.15. The fourth-order valence-corrected chi connectivity index (χ4v) is 3.89. The minimum atomic E-state index is -3.56. The van der Waals surface area contributed by atoms with Crippen molar-refractivity contribution in [2.24, 2.45) is 0 Å². The zero-order chi connectivity index (χ0) is 20.1. The highest BCUT2D eigenvalue weighted by Crippen LogP contribution is 2.15. The Balaban J connectivity index is 1.65. The maximum absolute atomic E-state index is 12.4. The zero-order valence-electron chi connectivity index (χ0n) is 15.7. The summed E-state index contributed by atoms with van der Waals surface area (Å²) in [6.45, 7) is 4.08. The number of carbonyl (C=O) groups excluding carboxylic acids is 1. The number of nitrogens with zero attached hydrogens (tertiary/aromatic N) is 2. The Kier molecular flexibility index (Phi) is 5.91. The van der Waals surface area contributed by atoms with Gasteiger partial charge in [-0.1, -0.05) is 30.3 Å². The van der Waals surface area contributed by atoms with Gasteiger partial charge >= 0.3 is 0 Å². The van der Waals surface area contributed by atoms with E-state index in [4.69, 9.17) is 0 Å². The van der Waals surface area contributed by atoms with E-state index >= 15 is 0 Å². The molecule has 0 bridgehead atoms. The Hall–Kier alpha value is -2.97. The van der Waals surface area contributed by atoms with E-state index in [2.05, 4.69) is 15.1 Å². The lowest BCUT2D eigenvalue weighted by molar-refractivity contribution is 0.102. The summed E-state index contributed by atoms with van der Waals surface area (Å²) in [4.78, 5) is 12.6. The Morgan fingerprint density at radius 1 is 1.07 bits per heavy atom. The molecule has 0 aliphatic carbocycles. The molecule has 0 atom stereocenters. The lowest BCUT2D eigenvalue weighted by Gasteiger charge is -2.10. The Morgan fingerprint density at radius 3 is 2.39 bits per heavy atom. The first-order valence-corrected chi connectivity index (χ1v) is 10.3. The number of hydrogen-bond acceptors (Lipinski definition) is 4. The van der Waals surface area contributed by atoms with Gasteiger partial charge in [-0.2, -0.15) is 5.10 Å². The average Bonchev–Trinajstić information content (AvgIpc) is 3.10. The van der Waals surface area contributed by atoms with E-state index < -0.39 is 10.0 Å². The normalized spacial score (nSPS) is 11.5. The first kappa shape index (κ1) is 19.8. The predicted molar refractivity (Wildman–Crippen MR) is 108 cm³/mol. The van der Waals surface area contributed by atoms with Crippen molar-refractivity contribution in [2.45, 2.75) is 31.3 Å². The molecule has 3 rings (SSSR count). The lowest BCUT2D eigenvalue weighted by Crippen LogP contribution is -2.30. The maximum Gasteiger partial charge on any atom is 0.258 e. The Morgan fingerprint density at radius 2 is 1.75 bits per heavy atom. The van der Waals surface area contributed by atoms with Crippen LogP contribution in [-0.2, 0) is 16.6 Å². The molecule has 7 nitrogen and oxygen atoms in total. The second kappa shape index (κ2) is 8.37. The van der Waals surface area contributed by atoms with Crippen LogP contribution in [0, 0.1) is 0 Å². The molecule has 0 radical (unpaired) electrons. The standard InChI is InChI=1S/C20H22N4O3S/c1-15(2)23-28(26,27)19-10-8-18(9-11-19)22-20(25)17-12-21-24(14-17)13-16-6-4-3-5-7-16/h3-12,14-15,23H,13H2,1-2H3,(H,22,25). The number of hydrogen-bond donors (Lipinski definition) is 2. The largest absolute Gasteiger partial charge is 0.322 e. The van der Waals surface area contributed by atoms with Gasteiger partial charge in [-0.05, 0) is 43.7 Å². The second-order valence-corrected chi connectivity index (χ2v) is 8.38. The van der Waals surface area contributed by atoms with Gasteiger partial charge in [0.05, 0.1) is 23.2 Å². The third kappa shape index (κ3) is 5.05. The number of amides is 1. The van der Waals surface area contributed by atoms with Crippen molar-refractivity contribution in [3.05, 3.63) is 78.1 Å². The van der Waals surface area contributed by atoms with E-state index in [9.17, 15) is 13.2 Å². The van der Waals surface area contributed by atoms with Crippen LogP contribution in [-0.4, -0.2) is 30.1 Å². The summed E-state index contributed by atoms with van der Waals surface area (Å²) in [7, 11) is -3.56. The minimum Gasteiger partial charge on any atom is -0.322 e. The van der Waals surface area contributed by atoms with Gasteiger partial charge in [-0.15, -0.1) is 0 Å². The first-order valence-electron chi connectivity index (χ1n) is 8.83. The Bertz CT molecular complexity index is 1040. The quantitative estimate of drug-likeness (QED) is 0.640. The molecule has 1 amide bonds. The number of rotatable bonds is 7. The molecule has 0 saturated carbocycles. The van der Waals surface area contributed by atoms with Gasteiger partial charge in [-0.3, -0.25) is 9.48 Å². The van der Waals surface area contributed by atoms with E-state index in [0.717, 1.165) is 5.56 Å². The van der Waals surface area contributed by atoms with Crippen molar-refractivity contribution in [3.8, 4) is 0 Å². The molecule has 0 aliphatic heterocycles. The van der Waals surface area contributed by atoms with Gasteiger partial charge in [0.2, 0.25) is 10.0 Å². The summed E-state index contributed by atoms with van der Waals surface area (Å²) in [5.41, 5.74) is 2.02. The summed E-state index contributed by atoms with van der Waals surface area (Å²) < 4.78 is 28.5. The van der Waals surface area contributed by atoms with Crippen LogP contribution in [0.5, 0.6) is 0 Å². The van der Waals surface area contributed by atoms with Crippen LogP contribution >= 0.6 is 0 Å². The van der Waals surface area contributed by atoms with Crippen LogP contribution in [0.2, 0.25) is 0 Å². The topological polar surface area (TPSA) is 93.1 Å². The molecule has 3 aromatic rings. The summed E-state index contributed by atoms with van der Waals surface area (Å²) in [6, 6.07) is 15.7. The molecule has 2 N–H and O–H groups in total. The molecule has 0 unspecified atom stereocenters. The van der Waals surface area contributed by atoms with Crippen molar-refractivity contribution < 1.29 is 13.2 Å². The fourth-order valence-electron chi connectivity index (χ4n) is 2.64. The second-order valence-electron chi connectivity index (χ2n) is 6.67. The van der Waals surface area contributed by atoms with E-state index in [1.165, 1.54) is 18.3 Å². The lowest BCUT2D eigenvalue weighted by atomic mass is 10.2. The van der Waals surface area contributed by atoms with Gasteiger partial charge in [0.1, 0.15) is 0 Å². The highest BCUT2D eigenvalue weighted by atomic mass is 32.2. The van der Waals surface area contributed by atoms with Crippen LogP contribution in [0.1, 0.15) is 29.8 Å². The van der Waals surface area contributed by atoms with Crippen molar-refractivity contribution in [1.82, 2.24) is 14.5 Å². The summed E-state index contributed by atoms with van der Waals surface area (Å²) in [5.74, 6) is -0.310. The van der Waals surface area contributed by atoms with E-state index in [-0.39, 0.29) is 16.8 Å². The van der Waals surface area contributed by atoms with Gasteiger partial charge in [-0.25, -0.2) is 13.1 Å². The molecule has 8 heteroatoms. The third-order valence-electron chi connectivity index (χ3n) is 3.90. The molecule has 2 aromatic carbocycles. The molecular formula is C20H22N4O3S. The van der Waals surface area contributed by atoms with Crippen molar-refractivity contribution in [2.75, 3.05) is 5.32 Å². The maximum atomic E-state index is 12.4. The molecule has 1 aromatic heterocycles. The Labute approximate surface area is 164 Å². The molecule has 28 heavy (non-hydrogen) atoms. The van der Waals surface area contributed by atoms with E-state index in [1.54, 1.807) is 36.9 Å². The summed E-state index contributed by atoms with van der Waals surface area (Å²) in [6.07, 6.45) is 3.18. The minimum absolute atomic E-state index is 0.148. The smallest absolute Gasteiger partial charge is 0.258 e. The van der Waals surface area contributed by atoms with Crippen LogP contribution in [0.15, 0.2) is 71.9 Å². The number of nitrogens with one attached hydrogen (secondary N) is 2. The first-order chi connectivity index (χ1) is 13.3. The zero-order valence-corrected chi connectivity index (χ0v) is 16.5. The molecule has 0 fully saturated rings. The molecular weight excluding hydrogens is 376 g/mol. The summed E-state index contributed by atoms with van der Waals surface area (Å²) >= 11 is 0. The summed E-state index contributed by atoms with van der Waals surface area (Å²) in [5, 5.41) is 6.96. The van der Waals surface area contributed by atoms with Crippen LogP contribution in [0.4, 0.5) is 5.69 Å². The van der Waals surface area contributed by atoms with Crippen molar-refractivity contribution >= 4 is 21.6 Å². The SMILES string of the molecule is CC(C)NS(=O)(=O)c1ccc(NC(=O)c2cnn(Cc3ccccc3)c2)cc1. The monoisotopic (exact) mass is 398 g/mol. The number of carbonyl (C=O) groups is 1. The third-order valence-corrected chi connectivity index (χ3v) is 5.57. The number of anilines is 1. The van der Waals surface area contributed by atoms with Crippen LogP contribution in [0.25, 0.3) is 0 Å². The molecule has 146 valence electrons. The molecule has 0 saturated heterocycles. The molecule has 0 spiro atoms. The number of benzene rings is 2. The number of sulfonamides is 1. The molecule has 0 aliphatic rings. The van der Waals surface area contributed by atoms with Gasteiger partial charge < -0.3 is 5.32 Å². The van der Waals surface area contributed by atoms with Crippen LogP contribution in [0.3, 0.4) is 0 Å². The van der Waals surface area contributed by atoms with Gasteiger partial charge in [0, 0.05) is 17.9 Å². The van der Waals surface area contributed by atoms with Crippen LogP contribution < -0.4 is 10.0 Å². The van der Waals surface area contributed by atoms with E-state index in [1.807, 2.05) is 30.3 Å². The highest BCUT2D eigenvalue weighted by molar-refractivity contribution is 7.89. The van der Waals surface area contributed by atoms with Gasteiger partial charge in [0.15, 0.2) is 0 Å². The van der Waals surface area contributed by atoms with E-state index in [0.29, 0.717) is 17.8 Å². The predicted octanol–water partition coefficient (Wildman–Crippen LogP) is 2.87. The average molecular weight is 398 g/mol.